The number of benzene rings is 2. The first kappa shape index (κ1) is 29.8. The van der Waals surface area contributed by atoms with Crippen LogP contribution in [0, 0.1) is 6.07 Å². The monoisotopic (exact) mass is 495 g/mol. The minimum atomic E-state index is -4.67. The first-order chi connectivity index (χ1) is 15.7. The molecule has 176 valence electrons. The van der Waals surface area contributed by atoms with Crippen molar-refractivity contribution >= 4 is 16.4 Å². The molecule has 1 aromatic heterocycles. The normalized spacial score (nSPS) is 11.4. The van der Waals surface area contributed by atoms with E-state index in [2.05, 4.69) is 35.3 Å². The van der Waals surface area contributed by atoms with E-state index in [4.69, 9.17) is 27.4 Å². The van der Waals surface area contributed by atoms with Gasteiger partial charge in [0.2, 0.25) is 0 Å². The zero-order valence-electron chi connectivity index (χ0n) is 18.9. The quantitative estimate of drug-likeness (QED) is 0.167. The molecule has 1 heterocycles. The second-order valence-electron chi connectivity index (χ2n) is 7.09. The van der Waals surface area contributed by atoms with E-state index in [0.717, 1.165) is 29.8 Å². The molecule has 8 nitrogen and oxygen atoms in total. The van der Waals surface area contributed by atoms with Gasteiger partial charge in [-0.15, -0.1) is 5.56 Å². The average molecular weight is 496 g/mol. The topological polar surface area (TPSA) is 134 Å². The third-order valence-electron chi connectivity index (χ3n) is 4.58. The third kappa shape index (κ3) is 12.3. The SMILES string of the molecule is O=C(O)CCCCCOc1ccc(C(c2cc[c-]cc2)c2ccccn2)cc1.O=S(=O)(O)O.[Na+]. The molecule has 0 fully saturated rings. The van der Waals surface area contributed by atoms with Gasteiger partial charge in [-0.1, -0.05) is 18.2 Å². The largest absolute Gasteiger partial charge is 1.00 e. The maximum Gasteiger partial charge on any atom is 1.00 e. The van der Waals surface area contributed by atoms with Crippen molar-refractivity contribution in [1.29, 1.82) is 0 Å². The summed E-state index contributed by atoms with van der Waals surface area (Å²) in [6.07, 6.45) is 4.45. The molecular formula is C24H26NNaO7S. The van der Waals surface area contributed by atoms with Gasteiger partial charge in [-0.05, 0) is 49.1 Å². The van der Waals surface area contributed by atoms with Gasteiger partial charge in [0.1, 0.15) is 5.75 Å². The number of nitrogens with zero attached hydrogens (tertiary/aromatic N) is 1. The van der Waals surface area contributed by atoms with E-state index in [-0.39, 0.29) is 41.9 Å². The molecule has 0 bridgehead atoms. The van der Waals surface area contributed by atoms with Gasteiger partial charge in [0.15, 0.2) is 0 Å². The number of unbranched alkanes of at least 4 members (excludes halogenated alkanes) is 2. The van der Waals surface area contributed by atoms with Crippen LogP contribution in [-0.2, 0) is 15.2 Å². The average Bonchev–Trinajstić information content (AvgIpc) is 2.77. The van der Waals surface area contributed by atoms with Crippen LogP contribution in [0.25, 0.3) is 0 Å². The molecule has 0 aliphatic heterocycles. The number of hydrogen-bond donors (Lipinski definition) is 3. The van der Waals surface area contributed by atoms with E-state index in [1.54, 1.807) is 0 Å². The van der Waals surface area contributed by atoms with Crippen LogP contribution in [-0.4, -0.2) is 40.2 Å². The third-order valence-corrected chi connectivity index (χ3v) is 4.58. The molecule has 0 saturated heterocycles. The second-order valence-corrected chi connectivity index (χ2v) is 7.99. The van der Waals surface area contributed by atoms with Crippen molar-refractivity contribution in [2.75, 3.05) is 6.61 Å². The van der Waals surface area contributed by atoms with Gasteiger partial charge in [0.05, 0.1) is 12.3 Å². The van der Waals surface area contributed by atoms with Crippen LogP contribution in [0.2, 0.25) is 0 Å². The number of aliphatic carboxylic acids is 1. The van der Waals surface area contributed by atoms with E-state index < -0.39 is 16.4 Å². The summed E-state index contributed by atoms with van der Waals surface area (Å²) in [6.45, 7) is 0.594. The number of aromatic nitrogens is 1. The van der Waals surface area contributed by atoms with Gasteiger partial charge in [-0.3, -0.25) is 18.9 Å². The Labute approximate surface area is 221 Å². The summed E-state index contributed by atoms with van der Waals surface area (Å²) in [5, 5.41) is 8.65. The van der Waals surface area contributed by atoms with Gasteiger partial charge in [0, 0.05) is 18.5 Å². The summed E-state index contributed by atoms with van der Waals surface area (Å²) in [7, 11) is -4.67. The number of carbonyl (C=O) groups is 1. The molecule has 0 amide bonds. The number of rotatable bonds is 10. The van der Waals surface area contributed by atoms with Crippen LogP contribution in [0.1, 0.15) is 48.4 Å². The second kappa shape index (κ2) is 15.6. The summed E-state index contributed by atoms with van der Waals surface area (Å²) in [4.78, 5) is 15.1. The minimum Gasteiger partial charge on any atom is -0.494 e. The number of carboxylic acid groups (broad SMARTS) is 1. The Balaban J connectivity index is 0.000000873. The van der Waals surface area contributed by atoms with Crippen LogP contribution in [0.15, 0.2) is 72.9 Å². The number of carboxylic acids is 1. The van der Waals surface area contributed by atoms with Crippen molar-refractivity contribution in [3.05, 3.63) is 95.8 Å². The van der Waals surface area contributed by atoms with Gasteiger partial charge in [-0.2, -0.15) is 38.7 Å². The van der Waals surface area contributed by atoms with E-state index in [1.807, 2.05) is 48.7 Å². The predicted octanol–water partition coefficient (Wildman–Crippen LogP) is 1.44. The van der Waals surface area contributed by atoms with Crippen molar-refractivity contribution in [2.24, 2.45) is 0 Å². The molecule has 0 radical (unpaired) electrons. The minimum absolute atomic E-state index is 0. The van der Waals surface area contributed by atoms with E-state index in [1.165, 1.54) is 5.56 Å². The van der Waals surface area contributed by atoms with Crippen LogP contribution >= 0.6 is 0 Å². The number of ether oxygens (including phenoxy) is 1. The van der Waals surface area contributed by atoms with E-state index in [0.29, 0.717) is 13.0 Å². The van der Waals surface area contributed by atoms with Crippen molar-refractivity contribution < 1.29 is 61.7 Å². The maximum atomic E-state index is 10.5. The first-order valence-electron chi connectivity index (χ1n) is 10.3. The van der Waals surface area contributed by atoms with E-state index >= 15 is 0 Å². The molecule has 1 atom stereocenters. The zero-order valence-corrected chi connectivity index (χ0v) is 21.7. The molecule has 0 saturated carbocycles. The standard InChI is InChI=1S/C24H24NO3.Na.H2O4S/c26-23(27)12-5-2-8-18-28-21-15-13-20(14-16-21)24(19-9-3-1-4-10-19)22-11-6-7-17-25-22;;1-5(2,3)4/h3-4,6-7,9-11,13-17,24H,2,5,8,12,18H2,(H,26,27);;(H2,1,2,3,4)/q-1;+1;. The van der Waals surface area contributed by atoms with Crippen LogP contribution in [0.5, 0.6) is 5.75 Å². The van der Waals surface area contributed by atoms with Crippen molar-refractivity contribution in [2.45, 2.75) is 31.6 Å². The fourth-order valence-corrected chi connectivity index (χ4v) is 3.17. The summed E-state index contributed by atoms with van der Waals surface area (Å²) in [5.74, 6) is 0.138. The number of pyridine rings is 1. The molecule has 3 aromatic rings. The van der Waals surface area contributed by atoms with Crippen LogP contribution in [0.4, 0.5) is 0 Å². The molecule has 3 rings (SSSR count). The summed E-state index contributed by atoms with van der Waals surface area (Å²) in [5.41, 5.74) is 3.32. The summed E-state index contributed by atoms with van der Waals surface area (Å²) < 4.78 is 37.4. The Bertz CT molecular complexity index is 1030. The Morgan fingerprint density at radius 1 is 0.941 bits per heavy atom. The first-order valence-corrected chi connectivity index (χ1v) is 11.6. The molecule has 3 N–H and O–H groups in total. The summed E-state index contributed by atoms with van der Waals surface area (Å²) in [6, 6.07) is 25.2. The fourth-order valence-electron chi connectivity index (χ4n) is 3.17. The molecule has 34 heavy (non-hydrogen) atoms. The Morgan fingerprint density at radius 3 is 2.12 bits per heavy atom. The number of hydrogen-bond acceptors (Lipinski definition) is 5. The zero-order chi connectivity index (χ0) is 24.1. The Kier molecular flexibility index (Phi) is 13.7. The van der Waals surface area contributed by atoms with Crippen LogP contribution in [0.3, 0.4) is 0 Å². The summed E-state index contributed by atoms with van der Waals surface area (Å²) >= 11 is 0. The van der Waals surface area contributed by atoms with Gasteiger partial charge in [-0.25, -0.2) is 0 Å². The molecule has 0 aliphatic carbocycles. The van der Waals surface area contributed by atoms with Crippen molar-refractivity contribution in [1.82, 2.24) is 4.98 Å². The fraction of sp³-hybridized carbons (Fsp3) is 0.250. The molecule has 2 aromatic carbocycles. The Hall–Kier alpha value is -2.27. The molecular weight excluding hydrogens is 469 g/mol. The predicted molar refractivity (Wildman–Crippen MR) is 123 cm³/mol. The molecule has 0 aliphatic rings. The van der Waals surface area contributed by atoms with Crippen molar-refractivity contribution in [3.8, 4) is 5.75 Å². The maximum absolute atomic E-state index is 10.5. The molecule has 10 heteroatoms. The molecule has 0 spiro atoms. The van der Waals surface area contributed by atoms with Gasteiger partial charge < -0.3 is 9.84 Å². The van der Waals surface area contributed by atoms with Gasteiger partial charge in [0.25, 0.3) is 0 Å². The molecule has 1 unspecified atom stereocenters. The van der Waals surface area contributed by atoms with Gasteiger partial charge >= 0.3 is 45.9 Å². The Morgan fingerprint density at radius 2 is 1.56 bits per heavy atom. The van der Waals surface area contributed by atoms with Crippen molar-refractivity contribution in [3.63, 3.8) is 0 Å². The smallest absolute Gasteiger partial charge is 0.494 e. The van der Waals surface area contributed by atoms with Crippen LogP contribution < -0.4 is 34.3 Å². The van der Waals surface area contributed by atoms with E-state index in [9.17, 15) is 4.79 Å².